The van der Waals surface area contributed by atoms with Crippen molar-refractivity contribution in [3.63, 3.8) is 0 Å². The SMILES string of the molecule is C[C@H](n1c(F)nc2c(N3CC(CC#N)(n4cc(-c5ncnc6[nH]ccc56)cn4)C3)c(F)ccc21)C(F)(F)F. The summed E-state index contributed by atoms with van der Waals surface area (Å²) in [5.74, 6) is -0.760. The highest BCUT2D eigenvalue weighted by Crippen LogP contribution is 2.42. The normalized spacial score (nSPS) is 16.1. The van der Waals surface area contributed by atoms with E-state index in [4.69, 9.17) is 0 Å². The molecule has 0 amide bonds. The molecule has 1 atom stereocenters. The highest BCUT2D eigenvalue weighted by atomic mass is 19.4. The van der Waals surface area contributed by atoms with Crippen molar-refractivity contribution in [2.24, 2.45) is 0 Å². The van der Waals surface area contributed by atoms with Crippen LogP contribution in [0.4, 0.5) is 27.6 Å². The number of benzene rings is 1. The maximum atomic E-state index is 15.0. The Morgan fingerprint density at radius 1 is 1.18 bits per heavy atom. The predicted octanol–water partition coefficient (Wildman–Crippen LogP) is 4.70. The second-order valence-electron chi connectivity index (χ2n) is 9.28. The first-order valence-corrected chi connectivity index (χ1v) is 11.5. The Kier molecular flexibility index (Phi) is 5.17. The minimum Gasteiger partial charge on any atom is -0.362 e. The van der Waals surface area contributed by atoms with Crippen molar-refractivity contribution < 1.29 is 22.0 Å². The van der Waals surface area contributed by atoms with Gasteiger partial charge in [0.1, 0.15) is 40.6 Å². The van der Waals surface area contributed by atoms with Crippen molar-refractivity contribution in [1.29, 1.82) is 5.26 Å². The fourth-order valence-electron chi connectivity index (χ4n) is 5.02. The van der Waals surface area contributed by atoms with E-state index in [1.807, 2.05) is 6.07 Å². The Bertz CT molecular complexity index is 1720. The average molecular weight is 527 g/mol. The van der Waals surface area contributed by atoms with Gasteiger partial charge in [0.2, 0.25) is 0 Å². The van der Waals surface area contributed by atoms with Crippen molar-refractivity contribution >= 4 is 27.8 Å². The Balaban J connectivity index is 1.36. The number of halogens is 5. The standard InChI is InChI=1S/C24H18F5N9/c1-13(24(27,28)29)38-17-3-2-16(25)20(19(17)35-22(38)26)36-10-23(11-36,5-6-30)37-9-14(8-34-37)18-15-4-7-31-21(15)33-12-32-18/h2-4,7-9,12-13H,5,10-11H2,1H3,(H,31,32,33)/t13-/m0/s1. The molecule has 5 aromatic rings. The van der Waals surface area contributed by atoms with Gasteiger partial charge >= 0.3 is 6.18 Å². The van der Waals surface area contributed by atoms with Gasteiger partial charge in [0.25, 0.3) is 6.08 Å². The van der Waals surface area contributed by atoms with Crippen LogP contribution in [0.25, 0.3) is 33.3 Å². The van der Waals surface area contributed by atoms with Crippen molar-refractivity contribution in [3.05, 3.63) is 55.0 Å². The molecule has 0 saturated carbocycles. The number of rotatable bonds is 5. The average Bonchev–Trinajstić information content (AvgIpc) is 3.58. The topological polar surface area (TPSA) is 104 Å². The van der Waals surface area contributed by atoms with Gasteiger partial charge in [-0.1, -0.05) is 0 Å². The second-order valence-corrected chi connectivity index (χ2v) is 9.28. The van der Waals surface area contributed by atoms with Gasteiger partial charge < -0.3 is 9.88 Å². The largest absolute Gasteiger partial charge is 0.409 e. The molecule has 1 saturated heterocycles. The molecule has 194 valence electrons. The van der Waals surface area contributed by atoms with E-state index in [1.54, 1.807) is 23.3 Å². The summed E-state index contributed by atoms with van der Waals surface area (Å²) in [4.78, 5) is 16.7. The van der Waals surface area contributed by atoms with Gasteiger partial charge in [-0.2, -0.15) is 32.9 Å². The highest BCUT2D eigenvalue weighted by Gasteiger charge is 2.47. The maximum Gasteiger partial charge on any atom is 0.409 e. The molecule has 1 aliphatic rings. The summed E-state index contributed by atoms with van der Waals surface area (Å²) >= 11 is 0. The fourth-order valence-corrected chi connectivity index (χ4v) is 5.02. The lowest BCUT2D eigenvalue weighted by Crippen LogP contribution is -2.63. The molecule has 0 unspecified atom stereocenters. The summed E-state index contributed by atoms with van der Waals surface area (Å²) in [6.07, 6.45) is 0.437. The van der Waals surface area contributed by atoms with E-state index in [0.29, 0.717) is 21.5 Å². The molecule has 1 aliphatic heterocycles. The minimum absolute atomic E-state index is 0.0272. The molecule has 14 heteroatoms. The zero-order valence-electron chi connectivity index (χ0n) is 19.7. The molecule has 1 fully saturated rings. The molecular formula is C24H18F5N9. The monoisotopic (exact) mass is 527 g/mol. The number of imidazole rings is 1. The van der Waals surface area contributed by atoms with Crippen LogP contribution in [0.15, 0.2) is 43.1 Å². The number of aromatic amines is 1. The van der Waals surface area contributed by atoms with Gasteiger partial charge in [-0.05, 0) is 25.1 Å². The highest BCUT2D eigenvalue weighted by molar-refractivity contribution is 5.91. The van der Waals surface area contributed by atoms with Crippen LogP contribution < -0.4 is 4.90 Å². The number of hydrogen-bond acceptors (Lipinski definition) is 6. The Hall–Kier alpha value is -4.54. The summed E-state index contributed by atoms with van der Waals surface area (Å²) in [6.45, 7) is 1.01. The Morgan fingerprint density at radius 2 is 1.97 bits per heavy atom. The van der Waals surface area contributed by atoms with Gasteiger partial charge in [0.05, 0.1) is 29.9 Å². The van der Waals surface area contributed by atoms with Crippen molar-refractivity contribution in [2.75, 3.05) is 18.0 Å². The van der Waals surface area contributed by atoms with E-state index in [0.717, 1.165) is 24.4 Å². The summed E-state index contributed by atoms with van der Waals surface area (Å²) < 4.78 is 71.7. The van der Waals surface area contributed by atoms with Crippen LogP contribution in [-0.4, -0.2) is 53.5 Å². The number of fused-ring (bicyclic) bond motifs is 2. The first-order valence-electron chi connectivity index (χ1n) is 11.5. The molecule has 9 nitrogen and oxygen atoms in total. The number of aromatic nitrogens is 7. The van der Waals surface area contributed by atoms with Gasteiger partial charge in [-0.15, -0.1) is 0 Å². The zero-order chi connectivity index (χ0) is 26.8. The molecule has 5 heterocycles. The molecule has 4 aromatic heterocycles. The Labute approximate surface area is 211 Å². The number of anilines is 1. The van der Waals surface area contributed by atoms with Crippen LogP contribution in [0.2, 0.25) is 0 Å². The van der Waals surface area contributed by atoms with Crippen LogP contribution in [0.5, 0.6) is 0 Å². The molecule has 0 bridgehead atoms. The quantitative estimate of drug-likeness (QED) is 0.332. The van der Waals surface area contributed by atoms with Crippen LogP contribution >= 0.6 is 0 Å². The summed E-state index contributed by atoms with van der Waals surface area (Å²) in [6, 6.07) is 3.84. The molecule has 0 radical (unpaired) electrons. The first kappa shape index (κ1) is 23.8. The van der Waals surface area contributed by atoms with Crippen molar-refractivity contribution in [1.82, 2.24) is 34.3 Å². The lowest BCUT2D eigenvalue weighted by Gasteiger charge is -2.50. The zero-order valence-corrected chi connectivity index (χ0v) is 19.7. The number of nitriles is 1. The molecule has 1 N–H and O–H groups in total. The fraction of sp³-hybridized carbons (Fsp3) is 0.292. The van der Waals surface area contributed by atoms with E-state index >= 15 is 4.39 Å². The second kappa shape index (κ2) is 8.23. The first-order chi connectivity index (χ1) is 18.1. The third-order valence-electron chi connectivity index (χ3n) is 6.99. The Morgan fingerprint density at radius 3 is 2.71 bits per heavy atom. The third kappa shape index (κ3) is 3.49. The van der Waals surface area contributed by atoms with Gasteiger partial charge in [-0.25, -0.2) is 14.4 Å². The van der Waals surface area contributed by atoms with Gasteiger partial charge in [0, 0.05) is 36.4 Å². The number of nitrogens with zero attached hydrogens (tertiary/aromatic N) is 8. The van der Waals surface area contributed by atoms with Crippen molar-refractivity contribution in [3.8, 4) is 17.3 Å². The minimum atomic E-state index is -4.73. The van der Waals surface area contributed by atoms with E-state index < -0.39 is 29.7 Å². The van der Waals surface area contributed by atoms with E-state index in [2.05, 4.69) is 31.1 Å². The summed E-state index contributed by atoms with van der Waals surface area (Å²) in [7, 11) is 0. The lowest BCUT2D eigenvalue weighted by atomic mass is 9.86. The van der Waals surface area contributed by atoms with E-state index in [9.17, 15) is 22.8 Å². The van der Waals surface area contributed by atoms with Crippen LogP contribution in [-0.2, 0) is 5.54 Å². The summed E-state index contributed by atoms with van der Waals surface area (Å²) in [5, 5.41) is 14.8. The molecule has 0 spiro atoms. The van der Waals surface area contributed by atoms with Gasteiger partial charge in [0.15, 0.2) is 0 Å². The molecule has 38 heavy (non-hydrogen) atoms. The van der Waals surface area contributed by atoms with Crippen molar-refractivity contribution in [2.45, 2.75) is 31.1 Å². The van der Waals surface area contributed by atoms with Crippen LogP contribution in [0.3, 0.4) is 0 Å². The number of nitrogens with one attached hydrogen (secondary N) is 1. The number of H-pyrrole nitrogens is 1. The maximum absolute atomic E-state index is 15.0. The third-order valence-corrected chi connectivity index (χ3v) is 6.99. The van der Waals surface area contributed by atoms with Crippen LogP contribution in [0.1, 0.15) is 19.4 Å². The molecular weight excluding hydrogens is 509 g/mol. The van der Waals surface area contributed by atoms with Gasteiger partial charge in [-0.3, -0.25) is 9.25 Å². The predicted molar refractivity (Wildman–Crippen MR) is 126 cm³/mol. The van der Waals surface area contributed by atoms with Crippen LogP contribution in [0, 0.1) is 23.2 Å². The van der Waals surface area contributed by atoms with E-state index in [1.165, 1.54) is 11.2 Å². The molecule has 1 aromatic carbocycles. The molecule has 0 aliphatic carbocycles. The number of alkyl halides is 3. The summed E-state index contributed by atoms with van der Waals surface area (Å²) in [5.41, 5.74) is 0.596. The molecule has 6 rings (SSSR count). The van der Waals surface area contributed by atoms with E-state index in [-0.39, 0.29) is 36.2 Å². The number of hydrogen-bond donors (Lipinski definition) is 1. The lowest BCUT2D eigenvalue weighted by molar-refractivity contribution is -0.163. The smallest absolute Gasteiger partial charge is 0.362 e.